The van der Waals surface area contributed by atoms with Crippen molar-refractivity contribution in [2.45, 2.75) is 51.6 Å². The number of aliphatic hydroxyl groups is 1. The van der Waals surface area contributed by atoms with E-state index < -0.39 is 18.8 Å². The van der Waals surface area contributed by atoms with E-state index in [4.69, 9.17) is 4.74 Å². The Hall–Kier alpha value is -1.53. The lowest BCUT2D eigenvalue weighted by Crippen LogP contribution is -2.43. The highest BCUT2D eigenvalue weighted by atomic mass is 127. The molecule has 0 radical (unpaired) electrons. The third kappa shape index (κ3) is 6.74. The van der Waals surface area contributed by atoms with E-state index in [1.165, 1.54) is 4.57 Å². The Morgan fingerprint density at radius 2 is 2.00 bits per heavy atom. The van der Waals surface area contributed by atoms with Gasteiger partial charge in [0.25, 0.3) is 0 Å². The number of carbonyl (C=O) groups is 1. The Labute approximate surface area is 199 Å². The van der Waals surface area contributed by atoms with Gasteiger partial charge in [-0.1, -0.05) is 19.9 Å². The van der Waals surface area contributed by atoms with Crippen LogP contribution in [-0.4, -0.2) is 65.1 Å². The minimum atomic E-state index is -4.28. The molecule has 178 valence electrons. The predicted molar refractivity (Wildman–Crippen MR) is 126 cm³/mol. The van der Waals surface area contributed by atoms with Gasteiger partial charge in [-0.3, -0.25) is 4.79 Å². The number of likely N-dealkylation sites (tertiary alicyclic amines) is 1. The van der Waals surface area contributed by atoms with Crippen molar-refractivity contribution < 1.29 is 27.8 Å². The van der Waals surface area contributed by atoms with Crippen LogP contribution < -0.4 is 5.32 Å². The smallest absolute Gasteiger partial charge is 0.406 e. The highest BCUT2D eigenvalue weighted by Crippen LogP contribution is 2.32. The molecule has 0 bridgehead atoms. The zero-order valence-corrected chi connectivity index (χ0v) is 20.3. The Kier molecular flexibility index (Phi) is 8.31. The third-order valence-corrected chi connectivity index (χ3v) is 6.43. The van der Waals surface area contributed by atoms with Crippen LogP contribution in [0.15, 0.2) is 24.3 Å². The predicted octanol–water partition coefficient (Wildman–Crippen LogP) is 4.24. The van der Waals surface area contributed by atoms with Gasteiger partial charge < -0.3 is 24.6 Å². The van der Waals surface area contributed by atoms with Crippen LogP contribution in [0.1, 0.15) is 26.7 Å². The Morgan fingerprint density at radius 1 is 1.31 bits per heavy atom. The number of aromatic nitrogens is 1. The number of rotatable bonds is 8. The number of fused-ring (bicyclic) bond motifs is 1. The number of benzene rings is 1. The SMILES string of the molecule is CC(C)C(=O)OCC(O)CN1CCC(Nc2cccc3c2cc(I)n3CC(F)(F)F)CC1. The second kappa shape index (κ2) is 10.6. The van der Waals surface area contributed by atoms with Crippen LogP contribution in [0.2, 0.25) is 0 Å². The van der Waals surface area contributed by atoms with Crippen LogP contribution in [0.4, 0.5) is 18.9 Å². The Bertz CT molecular complexity index is 924. The first-order valence-electron chi connectivity index (χ1n) is 10.7. The molecule has 2 N–H and O–H groups in total. The zero-order chi connectivity index (χ0) is 23.5. The first-order valence-corrected chi connectivity index (χ1v) is 11.8. The summed E-state index contributed by atoms with van der Waals surface area (Å²) >= 11 is 1.94. The van der Waals surface area contributed by atoms with Crippen LogP contribution in [0.3, 0.4) is 0 Å². The first-order chi connectivity index (χ1) is 15.0. The average Bonchev–Trinajstić information content (AvgIpc) is 3.02. The monoisotopic (exact) mass is 567 g/mol. The van der Waals surface area contributed by atoms with Gasteiger partial charge in [0.1, 0.15) is 19.3 Å². The van der Waals surface area contributed by atoms with Gasteiger partial charge in [0.2, 0.25) is 0 Å². The minimum Gasteiger partial charge on any atom is -0.463 e. The Morgan fingerprint density at radius 3 is 2.62 bits per heavy atom. The fraction of sp³-hybridized carbons (Fsp3) is 0.591. The van der Waals surface area contributed by atoms with Gasteiger partial charge in [-0.05, 0) is 53.6 Å². The molecular weight excluding hydrogens is 538 g/mol. The second-order valence-corrected chi connectivity index (χ2v) is 9.67. The zero-order valence-electron chi connectivity index (χ0n) is 18.2. The molecular formula is C22H29F3IN3O3. The van der Waals surface area contributed by atoms with Gasteiger partial charge in [-0.2, -0.15) is 13.2 Å². The second-order valence-electron chi connectivity index (χ2n) is 8.56. The Balaban J connectivity index is 1.55. The summed E-state index contributed by atoms with van der Waals surface area (Å²) < 4.78 is 45.8. The lowest BCUT2D eigenvalue weighted by Gasteiger charge is -2.34. The molecule has 3 rings (SSSR count). The highest BCUT2D eigenvalue weighted by Gasteiger charge is 2.30. The van der Waals surface area contributed by atoms with Gasteiger partial charge in [-0.25, -0.2) is 0 Å². The van der Waals surface area contributed by atoms with E-state index in [0.717, 1.165) is 37.0 Å². The summed E-state index contributed by atoms with van der Waals surface area (Å²) in [7, 11) is 0. The fourth-order valence-electron chi connectivity index (χ4n) is 3.89. The lowest BCUT2D eigenvalue weighted by atomic mass is 10.0. The summed E-state index contributed by atoms with van der Waals surface area (Å²) in [5.41, 5.74) is 1.40. The molecule has 1 aromatic heterocycles. The van der Waals surface area contributed by atoms with Gasteiger partial charge in [0, 0.05) is 36.7 Å². The number of esters is 1. The van der Waals surface area contributed by atoms with E-state index in [1.54, 1.807) is 32.0 Å². The van der Waals surface area contributed by atoms with E-state index in [9.17, 15) is 23.1 Å². The maximum atomic E-state index is 13.0. The minimum absolute atomic E-state index is 0.00919. The molecule has 1 fully saturated rings. The number of nitrogens with one attached hydrogen (secondary N) is 1. The number of piperidine rings is 1. The molecule has 0 aliphatic carbocycles. The van der Waals surface area contributed by atoms with Crippen molar-refractivity contribution in [1.82, 2.24) is 9.47 Å². The largest absolute Gasteiger partial charge is 0.463 e. The van der Waals surface area contributed by atoms with E-state index >= 15 is 0 Å². The topological polar surface area (TPSA) is 66.7 Å². The van der Waals surface area contributed by atoms with Crippen molar-refractivity contribution >= 4 is 45.2 Å². The number of carbonyl (C=O) groups excluding carboxylic acids is 1. The van der Waals surface area contributed by atoms with Gasteiger partial charge in [0.05, 0.1) is 15.1 Å². The van der Waals surface area contributed by atoms with Crippen molar-refractivity contribution in [2.75, 3.05) is 31.6 Å². The van der Waals surface area contributed by atoms with Crippen LogP contribution in [0.25, 0.3) is 10.9 Å². The van der Waals surface area contributed by atoms with Crippen LogP contribution in [-0.2, 0) is 16.1 Å². The number of aliphatic hydroxyl groups excluding tert-OH is 1. The lowest BCUT2D eigenvalue weighted by molar-refractivity contribution is -0.150. The number of anilines is 1. The van der Waals surface area contributed by atoms with Gasteiger partial charge in [0.15, 0.2) is 0 Å². The number of β-amino-alcohol motifs (C(OH)–C–C–N with tert-alkyl or cyclic N) is 1. The van der Waals surface area contributed by atoms with Crippen LogP contribution in [0.5, 0.6) is 0 Å². The molecule has 0 saturated carbocycles. The molecule has 1 aromatic carbocycles. The van der Waals surface area contributed by atoms with Crippen molar-refractivity contribution in [3.63, 3.8) is 0 Å². The standard InChI is InChI=1S/C22H29F3IN3O3/c1-14(2)21(31)32-12-16(30)11-28-8-6-15(7-9-28)27-18-4-3-5-19-17(18)10-20(26)29(19)13-22(23,24)25/h3-5,10,14-16,27,30H,6-9,11-13H2,1-2H3. The number of halogens is 4. The van der Waals surface area contributed by atoms with Crippen molar-refractivity contribution in [1.29, 1.82) is 0 Å². The molecule has 1 saturated heterocycles. The molecule has 2 heterocycles. The molecule has 1 unspecified atom stereocenters. The number of hydrogen-bond acceptors (Lipinski definition) is 5. The summed E-state index contributed by atoms with van der Waals surface area (Å²) in [5, 5.41) is 14.4. The number of alkyl halides is 3. The van der Waals surface area contributed by atoms with Crippen molar-refractivity contribution in [3.8, 4) is 0 Å². The number of nitrogens with zero attached hydrogens (tertiary/aromatic N) is 2. The molecule has 1 aliphatic heterocycles. The van der Waals surface area contributed by atoms with Crippen molar-refractivity contribution in [3.05, 3.63) is 28.0 Å². The molecule has 2 aromatic rings. The van der Waals surface area contributed by atoms with Crippen molar-refractivity contribution in [2.24, 2.45) is 5.92 Å². The maximum Gasteiger partial charge on any atom is 0.406 e. The van der Waals surface area contributed by atoms with E-state index in [0.29, 0.717) is 15.8 Å². The summed E-state index contributed by atoms with van der Waals surface area (Å²) in [4.78, 5) is 13.7. The maximum absolute atomic E-state index is 13.0. The van der Waals surface area contributed by atoms with Gasteiger partial charge in [-0.15, -0.1) is 0 Å². The van der Waals surface area contributed by atoms with E-state index in [2.05, 4.69) is 10.2 Å². The highest BCUT2D eigenvalue weighted by molar-refractivity contribution is 14.1. The number of ether oxygens (including phenoxy) is 1. The van der Waals surface area contributed by atoms with Crippen LogP contribution >= 0.6 is 22.6 Å². The molecule has 6 nitrogen and oxygen atoms in total. The normalized spacial score (nSPS) is 17.1. The quantitative estimate of drug-likeness (QED) is 0.369. The first kappa shape index (κ1) is 25.1. The third-order valence-electron chi connectivity index (χ3n) is 5.54. The van der Waals surface area contributed by atoms with Gasteiger partial charge >= 0.3 is 12.1 Å². The molecule has 0 spiro atoms. The van der Waals surface area contributed by atoms with E-state index in [1.807, 2.05) is 28.7 Å². The van der Waals surface area contributed by atoms with Crippen LogP contribution in [0, 0.1) is 9.62 Å². The van der Waals surface area contributed by atoms with E-state index in [-0.39, 0.29) is 24.5 Å². The molecule has 1 aliphatic rings. The molecule has 0 amide bonds. The summed E-state index contributed by atoms with van der Waals surface area (Å²) in [6.45, 7) is 4.46. The summed E-state index contributed by atoms with van der Waals surface area (Å²) in [6, 6.07) is 7.36. The molecule has 32 heavy (non-hydrogen) atoms. The number of hydrogen-bond donors (Lipinski definition) is 2. The summed E-state index contributed by atoms with van der Waals surface area (Å²) in [5.74, 6) is -0.540. The molecule has 1 atom stereocenters. The average molecular weight is 567 g/mol. The summed E-state index contributed by atoms with van der Waals surface area (Å²) in [6.07, 6.45) is -3.32. The fourth-order valence-corrected chi connectivity index (χ4v) is 4.64. The molecule has 10 heteroatoms.